The molecule has 0 aliphatic carbocycles. The molecule has 1 fully saturated rings. The van der Waals surface area contributed by atoms with Crippen molar-refractivity contribution in [3.8, 4) is 11.4 Å². The van der Waals surface area contributed by atoms with Gasteiger partial charge in [-0.1, -0.05) is 30.3 Å². The van der Waals surface area contributed by atoms with Crippen LogP contribution in [-0.4, -0.2) is 45.0 Å². The fraction of sp³-hybridized carbons (Fsp3) is 0.300. The van der Waals surface area contributed by atoms with Crippen LogP contribution in [0.3, 0.4) is 0 Å². The van der Waals surface area contributed by atoms with E-state index in [9.17, 15) is 4.79 Å². The van der Waals surface area contributed by atoms with Crippen LogP contribution in [0.5, 0.6) is 0 Å². The molecule has 2 N–H and O–H groups in total. The van der Waals surface area contributed by atoms with Crippen molar-refractivity contribution in [2.75, 3.05) is 18.0 Å². The lowest BCUT2D eigenvalue weighted by atomic mass is 10.1. The molecule has 7 nitrogen and oxygen atoms in total. The molecular weight excluding hydrogens is 340 g/mol. The van der Waals surface area contributed by atoms with Gasteiger partial charge < -0.3 is 15.2 Å². The maximum absolute atomic E-state index is 12.8. The van der Waals surface area contributed by atoms with Gasteiger partial charge in [0.25, 0.3) is 5.91 Å². The molecule has 1 aromatic carbocycles. The molecular formula is C20H22N6O. The zero-order valence-electron chi connectivity index (χ0n) is 15.2. The van der Waals surface area contributed by atoms with Crippen molar-refractivity contribution < 1.29 is 4.79 Å². The first-order valence-electron chi connectivity index (χ1n) is 9.15. The van der Waals surface area contributed by atoms with Crippen LogP contribution in [0.2, 0.25) is 0 Å². The number of aromatic nitrogens is 4. The Hall–Kier alpha value is -3.22. The van der Waals surface area contributed by atoms with E-state index in [1.807, 2.05) is 37.3 Å². The highest BCUT2D eigenvalue weighted by Crippen LogP contribution is 2.19. The number of carbonyl (C=O) groups is 1. The van der Waals surface area contributed by atoms with Crippen molar-refractivity contribution in [2.24, 2.45) is 0 Å². The first-order valence-corrected chi connectivity index (χ1v) is 9.15. The number of benzene rings is 1. The highest BCUT2D eigenvalue weighted by molar-refractivity contribution is 5.94. The predicted octanol–water partition coefficient (Wildman–Crippen LogP) is 2.57. The molecule has 3 aromatic rings. The van der Waals surface area contributed by atoms with Crippen LogP contribution < -0.4 is 10.2 Å². The Morgan fingerprint density at radius 2 is 1.96 bits per heavy atom. The Labute approximate surface area is 157 Å². The van der Waals surface area contributed by atoms with Gasteiger partial charge in [0.15, 0.2) is 0 Å². The van der Waals surface area contributed by atoms with E-state index in [0.717, 1.165) is 30.6 Å². The summed E-state index contributed by atoms with van der Waals surface area (Å²) in [6.45, 7) is 3.47. The second-order valence-electron chi connectivity index (χ2n) is 6.73. The van der Waals surface area contributed by atoms with E-state index in [0.29, 0.717) is 24.0 Å². The quantitative estimate of drug-likeness (QED) is 0.745. The molecule has 0 spiro atoms. The molecule has 0 radical (unpaired) electrons. The highest BCUT2D eigenvalue weighted by Gasteiger charge is 2.25. The van der Waals surface area contributed by atoms with Crippen LogP contribution in [0.15, 0.2) is 48.8 Å². The number of hydrogen-bond acceptors (Lipinski definition) is 5. The lowest BCUT2D eigenvalue weighted by Gasteiger charge is -2.32. The molecule has 4 rings (SSSR count). The number of carbonyl (C=O) groups excluding carboxylic acids is 1. The van der Waals surface area contributed by atoms with Crippen LogP contribution in [0.4, 0.5) is 5.95 Å². The summed E-state index contributed by atoms with van der Waals surface area (Å²) in [7, 11) is 0. The third-order valence-corrected chi connectivity index (χ3v) is 4.74. The minimum absolute atomic E-state index is 0.0475. The summed E-state index contributed by atoms with van der Waals surface area (Å²) in [5.74, 6) is 1.27. The van der Waals surface area contributed by atoms with E-state index >= 15 is 0 Å². The van der Waals surface area contributed by atoms with Crippen LogP contribution >= 0.6 is 0 Å². The standard InChI is InChI=1S/C20H22N6O/c1-14-17(25-18(23-14)15-7-3-2-4-8-15)19(27)24-16-9-5-12-26(13-16)20-21-10-6-11-22-20/h2-4,6-8,10-11,16H,5,9,12-13H2,1H3,(H,23,25)(H,24,27). The van der Waals surface area contributed by atoms with Crippen molar-refractivity contribution in [1.29, 1.82) is 0 Å². The van der Waals surface area contributed by atoms with Crippen LogP contribution in [0.25, 0.3) is 11.4 Å². The summed E-state index contributed by atoms with van der Waals surface area (Å²) < 4.78 is 0. The summed E-state index contributed by atoms with van der Waals surface area (Å²) in [6, 6.07) is 11.7. The fourth-order valence-corrected chi connectivity index (χ4v) is 3.40. The Bertz CT molecular complexity index is 909. The van der Waals surface area contributed by atoms with Crippen LogP contribution in [-0.2, 0) is 0 Å². The predicted molar refractivity (Wildman–Crippen MR) is 103 cm³/mol. The van der Waals surface area contributed by atoms with E-state index in [-0.39, 0.29) is 11.9 Å². The van der Waals surface area contributed by atoms with Gasteiger partial charge >= 0.3 is 0 Å². The molecule has 27 heavy (non-hydrogen) atoms. The Morgan fingerprint density at radius 1 is 1.19 bits per heavy atom. The molecule has 1 atom stereocenters. The maximum Gasteiger partial charge on any atom is 0.272 e. The normalized spacial score (nSPS) is 16.9. The van der Waals surface area contributed by atoms with Gasteiger partial charge in [0, 0.05) is 42.8 Å². The minimum atomic E-state index is -0.147. The SMILES string of the molecule is Cc1[nH]c(-c2ccccc2)nc1C(=O)NC1CCCN(c2ncccn2)C1. The number of nitrogens with zero attached hydrogens (tertiary/aromatic N) is 4. The molecule has 1 amide bonds. The summed E-state index contributed by atoms with van der Waals surface area (Å²) in [5, 5.41) is 3.12. The summed E-state index contributed by atoms with van der Waals surface area (Å²) in [4.78, 5) is 31.2. The van der Waals surface area contributed by atoms with Gasteiger partial charge in [-0.2, -0.15) is 0 Å². The Kier molecular flexibility index (Phi) is 4.82. The number of hydrogen-bond donors (Lipinski definition) is 2. The van der Waals surface area contributed by atoms with Gasteiger partial charge in [-0.3, -0.25) is 4.79 Å². The molecule has 1 saturated heterocycles. The molecule has 2 aromatic heterocycles. The Balaban J connectivity index is 1.45. The van der Waals surface area contributed by atoms with E-state index in [4.69, 9.17) is 0 Å². The number of piperidine rings is 1. The summed E-state index contributed by atoms with van der Waals surface area (Å²) in [5.41, 5.74) is 2.18. The largest absolute Gasteiger partial charge is 0.346 e. The molecule has 138 valence electrons. The Morgan fingerprint density at radius 3 is 2.74 bits per heavy atom. The number of nitrogens with one attached hydrogen (secondary N) is 2. The smallest absolute Gasteiger partial charge is 0.272 e. The van der Waals surface area contributed by atoms with Gasteiger partial charge in [-0.05, 0) is 25.8 Å². The molecule has 1 aliphatic heterocycles. The number of anilines is 1. The van der Waals surface area contributed by atoms with Crippen LogP contribution in [0, 0.1) is 6.92 Å². The summed E-state index contributed by atoms with van der Waals surface area (Å²) >= 11 is 0. The zero-order valence-corrected chi connectivity index (χ0v) is 15.2. The lowest BCUT2D eigenvalue weighted by molar-refractivity contribution is 0.0928. The first kappa shape index (κ1) is 17.2. The topological polar surface area (TPSA) is 86.8 Å². The van der Waals surface area contributed by atoms with Gasteiger partial charge in [0.2, 0.25) is 5.95 Å². The number of rotatable bonds is 4. The van der Waals surface area contributed by atoms with E-state index < -0.39 is 0 Å². The highest BCUT2D eigenvalue weighted by atomic mass is 16.2. The van der Waals surface area contributed by atoms with Crippen molar-refractivity contribution in [3.05, 3.63) is 60.2 Å². The minimum Gasteiger partial charge on any atom is -0.346 e. The molecule has 1 aliphatic rings. The van der Waals surface area contributed by atoms with Crippen molar-refractivity contribution in [2.45, 2.75) is 25.8 Å². The summed E-state index contributed by atoms with van der Waals surface area (Å²) in [6.07, 6.45) is 5.40. The molecule has 1 unspecified atom stereocenters. The number of amides is 1. The molecule has 7 heteroatoms. The second kappa shape index (κ2) is 7.57. The number of H-pyrrole nitrogens is 1. The van der Waals surface area contributed by atoms with Crippen LogP contribution in [0.1, 0.15) is 29.0 Å². The molecule has 3 heterocycles. The average Bonchev–Trinajstić information content (AvgIpc) is 3.11. The van der Waals surface area contributed by atoms with Crippen molar-refractivity contribution >= 4 is 11.9 Å². The van der Waals surface area contributed by atoms with E-state index in [2.05, 4.69) is 30.2 Å². The zero-order chi connectivity index (χ0) is 18.6. The van der Waals surface area contributed by atoms with Gasteiger partial charge in [-0.25, -0.2) is 15.0 Å². The number of aryl methyl sites for hydroxylation is 1. The third-order valence-electron chi connectivity index (χ3n) is 4.74. The van der Waals surface area contributed by atoms with Crippen molar-refractivity contribution in [3.63, 3.8) is 0 Å². The number of aromatic amines is 1. The van der Waals surface area contributed by atoms with Gasteiger partial charge in [-0.15, -0.1) is 0 Å². The van der Waals surface area contributed by atoms with Crippen molar-refractivity contribution in [1.82, 2.24) is 25.3 Å². The number of imidazole rings is 1. The molecule has 0 saturated carbocycles. The third kappa shape index (κ3) is 3.81. The first-order chi connectivity index (χ1) is 13.2. The van der Waals surface area contributed by atoms with Gasteiger partial charge in [0.1, 0.15) is 11.5 Å². The molecule has 0 bridgehead atoms. The second-order valence-corrected chi connectivity index (χ2v) is 6.73. The average molecular weight is 362 g/mol. The van der Waals surface area contributed by atoms with E-state index in [1.165, 1.54) is 0 Å². The fourth-order valence-electron chi connectivity index (χ4n) is 3.40. The van der Waals surface area contributed by atoms with Gasteiger partial charge in [0.05, 0.1) is 0 Å². The van der Waals surface area contributed by atoms with E-state index in [1.54, 1.807) is 18.5 Å². The monoisotopic (exact) mass is 362 g/mol. The maximum atomic E-state index is 12.8. The lowest BCUT2D eigenvalue weighted by Crippen LogP contribution is -2.48.